The highest BCUT2D eigenvalue weighted by molar-refractivity contribution is 5.99. The molecule has 0 fully saturated rings. The fourth-order valence-corrected chi connectivity index (χ4v) is 2.75. The van der Waals surface area contributed by atoms with Gasteiger partial charge >= 0.3 is 12.2 Å². The first-order valence-electron chi connectivity index (χ1n) is 9.36. The summed E-state index contributed by atoms with van der Waals surface area (Å²) in [6, 6.07) is 8.76. The average Bonchev–Trinajstić information content (AvgIpc) is 2.78. The zero-order chi connectivity index (χ0) is 24.0. The van der Waals surface area contributed by atoms with E-state index in [2.05, 4.69) is 25.9 Å². The van der Waals surface area contributed by atoms with Crippen LogP contribution in [0.4, 0.5) is 41.0 Å². The molecule has 33 heavy (non-hydrogen) atoms. The van der Waals surface area contributed by atoms with Crippen LogP contribution in [0.2, 0.25) is 0 Å². The molecule has 0 radical (unpaired) electrons. The molecule has 0 atom stereocenters. The maximum atomic E-state index is 13.1. The van der Waals surface area contributed by atoms with Crippen LogP contribution in [-0.4, -0.2) is 37.3 Å². The largest absolute Gasteiger partial charge is 0.497 e. The van der Waals surface area contributed by atoms with Gasteiger partial charge in [0.05, 0.1) is 26.9 Å². The second kappa shape index (κ2) is 9.94. The number of methoxy groups -OCH3 is 3. The van der Waals surface area contributed by atoms with Crippen LogP contribution in [0.5, 0.6) is 17.2 Å². The fourth-order valence-electron chi connectivity index (χ4n) is 2.75. The predicted molar refractivity (Wildman–Crippen MR) is 115 cm³/mol. The van der Waals surface area contributed by atoms with Gasteiger partial charge in [-0.3, -0.25) is 5.32 Å². The standard InChI is InChI=1S/C21H20F3N5O4/c1-31-15-5-12(21(22,23)24)4-13(6-15)27-18-10-19(26-11-25-18)29-20(30)28-14-7-16(32-2)9-17(8-14)33-3/h4-11H,1-3H3,(H3,25,26,27,28,29,30). The van der Waals surface area contributed by atoms with Crippen molar-refractivity contribution in [2.75, 3.05) is 37.3 Å². The summed E-state index contributed by atoms with van der Waals surface area (Å²) in [6.07, 6.45) is -3.40. The van der Waals surface area contributed by atoms with Crippen molar-refractivity contribution in [1.82, 2.24) is 9.97 Å². The summed E-state index contributed by atoms with van der Waals surface area (Å²) in [5.41, 5.74) is -0.378. The molecule has 2 aromatic carbocycles. The Bertz CT molecular complexity index is 1120. The first-order valence-corrected chi connectivity index (χ1v) is 9.36. The summed E-state index contributed by atoms with van der Waals surface area (Å²) in [6.45, 7) is 0. The molecule has 0 saturated carbocycles. The summed E-state index contributed by atoms with van der Waals surface area (Å²) in [7, 11) is 4.23. The van der Waals surface area contributed by atoms with Crippen molar-refractivity contribution in [3.8, 4) is 17.2 Å². The molecule has 174 valence electrons. The normalized spacial score (nSPS) is 10.8. The minimum Gasteiger partial charge on any atom is -0.497 e. The van der Waals surface area contributed by atoms with Crippen LogP contribution in [0, 0.1) is 0 Å². The number of halogens is 3. The molecule has 9 nitrogen and oxygen atoms in total. The molecule has 1 aromatic heterocycles. The SMILES string of the molecule is COc1cc(NC(=O)Nc2cc(Nc3cc(OC)cc(C(F)(F)F)c3)ncn2)cc(OC)c1. The summed E-state index contributed by atoms with van der Waals surface area (Å²) >= 11 is 0. The molecule has 0 spiro atoms. The highest BCUT2D eigenvalue weighted by Gasteiger charge is 2.31. The van der Waals surface area contributed by atoms with E-state index in [1.54, 1.807) is 18.2 Å². The van der Waals surface area contributed by atoms with Gasteiger partial charge in [0, 0.05) is 41.7 Å². The van der Waals surface area contributed by atoms with Crippen LogP contribution in [0.3, 0.4) is 0 Å². The van der Waals surface area contributed by atoms with Gasteiger partial charge in [0.25, 0.3) is 0 Å². The minimum absolute atomic E-state index is 0.0211. The first-order chi connectivity index (χ1) is 15.7. The number of alkyl halides is 3. The molecule has 2 amide bonds. The van der Waals surface area contributed by atoms with E-state index in [9.17, 15) is 18.0 Å². The Morgan fingerprint density at radius 3 is 1.94 bits per heavy atom. The molecule has 0 saturated heterocycles. The number of rotatable bonds is 7. The molecule has 3 rings (SSSR count). The number of nitrogens with one attached hydrogen (secondary N) is 3. The number of hydrogen-bond acceptors (Lipinski definition) is 7. The number of carbonyl (C=O) groups is 1. The lowest BCUT2D eigenvalue weighted by atomic mass is 10.2. The average molecular weight is 463 g/mol. The Morgan fingerprint density at radius 1 is 0.758 bits per heavy atom. The van der Waals surface area contributed by atoms with Gasteiger partial charge in [0.15, 0.2) is 0 Å². The van der Waals surface area contributed by atoms with Crippen molar-refractivity contribution in [2.24, 2.45) is 0 Å². The van der Waals surface area contributed by atoms with E-state index in [0.717, 1.165) is 18.5 Å². The lowest BCUT2D eigenvalue weighted by Gasteiger charge is -2.13. The van der Waals surface area contributed by atoms with E-state index < -0.39 is 17.8 Å². The Balaban J connectivity index is 1.73. The number of benzene rings is 2. The lowest BCUT2D eigenvalue weighted by Crippen LogP contribution is -2.20. The van der Waals surface area contributed by atoms with Gasteiger partial charge in [-0.2, -0.15) is 13.2 Å². The number of carbonyl (C=O) groups excluding carboxylic acids is 1. The maximum absolute atomic E-state index is 13.1. The summed E-state index contributed by atoms with van der Waals surface area (Å²) < 4.78 is 54.6. The second-order valence-electron chi connectivity index (χ2n) is 6.54. The van der Waals surface area contributed by atoms with Gasteiger partial charge in [-0.1, -0.05) is 0 Å². The first kappa shape index (κ1) is 23.4. The Kier molecular flexibility index (Phi) is 7.06. The third-order valence-electron chi connectivity index (χ3n) is 4.26. The summed E-state index contributed by atoms with van der Waals surface area (Å²) in [5, 5.41) is 7.89. The fraction of sp³-hybridized carbons (Fsp3) is 0.190. The highest BCUT2D eigenvalue weighted by Crippen LogP contribution is 2.35. The van der Waals surface area contributed by atoms with Crippen LogP contribution in [0.25, 0.3) is 0 Å². The van der Waals surface area contributed by atoms with Gasteiger partial charge in [-0.05, 0) is 12.1 Å². The van der Waals surface area contributed by atoms with E-state index in [4.69, 9.17) is 14.2 Å². The molecule has 0 aliphatic carbocycles. The Morgan fingerprint density at radius 2 is 1.33 bits per heavy atom. The van der Waals surface area contributed by atoms with Crippen molar-refractivity contribution in [3.05, 3.63) is 54.4 Å². The van der Waals surface area contributed by atoms with E-state index in [1.165, 1.54) is 33.5 Å². The molecule has 0 bridgehead atoms. The summed E-state index contributed by atoms with van der Waals surface area (Å²) in [4.78, 5) is 20.3. The third kappa shape index (κ3) is 6.38. The minimum atomic E-state index is -4.55. The number of nitrogens with zero attached hydrogens (tertiary/aromatic N) is 2. The predicted octanol–water partition coefficient (Wildman–Crippen LogP) is 4.91. The van der Waals surface area contributed by atoms with Gasteiger partial charge in [0.1, 0.15) is 35.2 Å². The van der Waals surface area contributed by atoms with Gasteiger partial charge in [-0.25, -0.2) is 14.8 Å². The zero-order valence-electron chi connectivity index (χ0n) is 17.8. The molecular weight excluding hydrogens is 443 g/mol. The highest BCUT2D eigenvalue weighted by atomic mass is 19.4. The number of anilines is 4. The third-order valence-corrected chi connectivity index (χ3v) is 4.26. The molecule has 3 N–H and O–H groups in total. The van der Waals surface area contributed by atoms with Gasteiger partial charge < -0.3 is 24.8 Å². The molecule has 0 unspecified atom stereocenters. The van der Waals surface area contributed by atoms with Crippen molar-refractivity contribution in [2.45, 2.75) is 6.18 Å². The van der Waals surface area contributed by atoms with Gasteiger partial charge in [0.2, 0.25) is 0 Å². The van der Waals surface area contributed by atoms with Crippen LogP contribution in [0.1, 0.15) is 5.56 Å². The quantitative estimate of drug-likeness (QED) is 0.457. The number of urea groups is 1. The molecular formula is C21H20F3N5O4. The van der Waals surface area contributed by atoms with Crippen LogP contribution < -0.4 is 30.2 Å². The zero-order valence-corrected chi connectivity index (χ0v) is 17.8. The van der Waals surface area contributed by atoms with E-state index in [1.807, 2.05) is 0 Å². The lowest BCUT2D eigenvalue weighted by molar-refractivity contribution is -0.137. The summed E-state index contributed by atoms with van der Waals surface area (Å²) in [5.74, 6) is 1.25. The van der Waals surface area contributed by atoms with Crippen molar-refractivity contribution in [1.29, 1.82) is 0 Å². The molecule has 0 aliphatic rings. The monoisotopic (exact) mass is 463 g/mol. The smallest absolute Gasteiger partial charge is 0.416 e. The number of ether oxygens (including phenoxy) is 3. The van der Waals surface area contributed by atoms with Gasteiger partial charge in [-0.15, -0.1) is 0 Å². The van der Waals surface area contributed by atoms with Crippen LogP contribution >= 0.6 is 0 Å². The molecule has 12 heteroatoms. The topological polar surface area (TPSA) is 107 Å². The second-order valence-corrected chi connectivity index (χ2v) is 6.54. The van der Waals surface area contributed by atoms with Crippen LogP contribution in [-0.2, 0) is 6.18 Å². The number of hydrogen-bond donors (Lipinski definition) is 3. The number of aromatic nitrogens is 2. The Hall–Kier alpha value is -4.22. The van der Waals surface area contributed by atoms with Crippen molar-refractivity contribution in [3.63, 3.8) is 0 Å². The van der Waals surface area contributed by atoms with E-state index >= 15 is 0 Å². The maximum Gasteiger partial charge on any atom is 0.416 e. The van der Waals surface area contributed by atoms with E-state index in [0.29, 0.717) is 17.2 Å². The van der Waals surface area contributed by atoms with Crippen LogP contribution in [0.15, 0.2) is 48.8 Å². The molecule has 0 aliphatic heterocycles. The van der Waals surface area contributed by atoms with Crippen molar-refractivity contribution >= 4 is 29.0 Å². The van der Waals surface area contributed by atoms with Crippen molar-refractivity contribution < 1.29 is 32.2 Å². The molecule has 1 heterocycles. The molecule has 3 aromatic rings. The Labute approximate surface area is 186 Å². The van der Waals surface area contributed by atoms with E-state index in [-0.39, 0.29) is 23.1 Å². The number of amides is 2.